The lowest BCUT2D eigenvalue weighted by Crippen LogP contribution is -2.34. The lowest BCUT2D eigenvalue weighted by molar-refractivity contribution is 0.0788. The lowest BCUT2D eigenvalue weighted by Gasteiger charge is -2.19. The van der Waals surface area contributed by atoms with Gasteiger partial charge in [-0.1, -0.05) is 0 Å². The van der Waals surface area contributed by atoms with Crippen molar-refractivity contribution >= 4 is 5.91 Å². The standard InChI is InChI=1S/C19H22N4O2/c1-12-6-8-20-17(21-12)14-7-9-23(11-14)19(25)15-10-13-4-2-3-5-16(13)22-18(15)24/h6,8,10,14H,2-5,7,9,11H2,1H3,(H,22,24). The molecule has 1 amide bonds. The molecule has 0 saturated carbocycles. The molecule has 1 unspecified atom stereocenters. The Balaban J connectivity index is 1.55. The van der Waals surface area contributed by atoms with Gasteiger partial charge in [0.25, 0.3) is 11.5 Å². The number of hydrogen-bond donors (Lipinski definition) is 1. The first-order valence-electron chi connectivity index (χ1n) is 8.95. The zero-order valence-corrected chi connectivity index (χ0v) is 14.4. The molecule has 25 heavy (non-hydrogen) atoms. The smallest absolute Gasteiger partial charge is 0.261 e. The molecule has 0 aromatic carbocycles. The van der Waals surface area contributed by atoms with E-state index in [1.54, 1.807) is 11.1 Å². The van der Waals surface area contributed by atoms with Crippen LogP contribution in [-0.2, 0) is 12.8 Å². The summed E-state index contributed by atoms with van der Waals surface area (Å²) in [4.78, 5) is 38.7. The number of aromatic nitrogens is 3. The molecule has 0 bridgehead atoms. The first-order chi connectivity index (χ1) is 12.1. The van der Waals surface area contributed by atoms with Crippen LogP contribution in [0.3, 0.4) is 0 Å². The van der Waals surface area contributed by atoms with E-state index in [2.05, 4.69) is 15.0 Å². The maximum atomic E-state index is 12.9. The highest BCUT2D eigenvalue weighted by Gasteiger charge is 2.31. The molecule has 6 nitrogen and oxygen atoms in total. The van der Waals surface area contributed by atoms with E-state index in [0.717, 1.165) is 54.9 Å². The van der Waals surface area contributed by atoms with Crippen molar-refractivity contribution in [1.82, 2.24) is 19.9 Å². The third-order valence-electron chi connectivity index (χ3n) is 5.22. The number of hydrogen-bond acceptors (Lipinski definition) is 4. The second-order valence-corrected chi connectivity index (χ2v) is 7.02. The summed E-state index contributed by atoms with van der Waals surface area (Å²) in [5.74, 6) is 0.750. The molecule has 4 rings (SSSR count). The predicted molar refractivity (Wildman–Crippen MR) is 93.7 cm³/mol. The summed E-state index contributed by atoms with van der Waals surface area (Å²) >= 11 is 0. The number of carbonyl (C=O) groups is 1. The van der Waals surface area contributed by atoms with Gasteiger partial charge in [-0.05, 0) is 56.7 Å². The first-order valence-corrected chi connectivity index (χ1v) is 8.95. The number of amides is 1. The molecule has 1 saturated heterocycles. The van der Waals surface area contributed by atoms with Crippen LogP contribution < -0.4 is 5.56 Å². The van der Waals surface area contributed by atoms with Gasteiger partial charge in [-0.15, -0.1) is 0 Å². The van der Waals surface area contributed by atoms with Crippen molar-refractivity contribution in [3.8, 4) is 0 Å². The summed E-state index contributed by atoms with van der Waals surface area (Å²) in [5.41, 5.74) is 3.06. The number of likely N-dealkylation sites (tertiary alicyclic amines) is 1. The molecule has 1 atom stereocenters. The van der Waals surface area contributed by atoms with Crippen molar-refractivity contribution in [2.75, 3.05) is 13.1 Å². The van der Waals surface area contributed by atoms with E-state index in [1.165, 1.54) is 0 Å². The molecule has 0 spiro atoms. The van der Waals surface area contributed by atoms with Crippen LogP contribution in [-0.4, -0.2) is 38.8 Å². The van der Waals surface area contributed by atoms with E-state index < -0.39 is 0 Å². The van der Waals surface area contributed by atoms with Gasteiger partial charge >= 0.3 is 0 Å². The molecule has 1 aliphatic heterocycles. The maximum Gasteiger partial charge on any atom is 0.261 e. The molecular weight excluding hydrogens is 316 g/mol. The van der Waals surface area contributed by atoms with Gasteiger partial charge in [-0.25, -0.2) is 9.97 Å². The van der Waals surface area contributed by atoms with E-state index in [9.17, 15) is 9.59 Å². The Kier molecular flexibility index (Phi) is 4.11. The highest BCUT2D eigenvalue weighted by molar-refractivity contribution is 5.94. The molecule has 2 aliphatic rings. The molecule has 6 heteroatoms. The van der Waals surface area contributed by atoms with Gasteiger partial charge in [0.05, 0.1) is 0 Å². The van der Waals surface area contributed by atoms with Crippen LogP contribution in [0.15, 0.2) is 23.1 Å². The fourth-order valence-electron chi connectivity index (χ4n) is 3.82. The number of H-pyrrole nitrogens is 1. The average molecular weight is 338 g/mol. The van der Waals surface area contributed by atoms with Gasteiger partial charge in [-0.2, -0.15) is 0 Å². The molecule has 3 heterocycles. The van der Waals surface area contributed by atoms with Crippen LogP contribution in [0.5, 0.6) is 0 Å². The minimum Gasteiger partial charge on any atom is -0.338 e. The number of aryl methyl sites for hydroxylation is 3. The third kappa shape index (κ3) is 3.08. The summed E-state index contributed by atoms with van der Waals surface area (Å²) in [6.45, 7) is 3.14. The summed E-state index contributed by atoms with van der Waals surface area (Å²) in [6.07, 6.45) is 6.64. The van der Waals surface area contributed by atoms with Gasteiger partial charge in [0.2, 0.25) is 0 Å². The topological polar surface area (TPSA) is 79.0 Å². The van der Waals surface area contributed by atoms with Gasteiger partial charge in [0.15, 0.2) is 0 Å². The Morgan fingerprint density at radius 2 is 2.16 bits per heavy atom. The minimum atomic E-state index is -0.263. The van der Waals surface area contributed by atoms with Gasteiger partial charge in [-0.3, -0.25) is 9.59 Å². The van der Waals surface area contributed by atoms with E-state index in [0.29, 0.717) is 13.1 Å². The summed E-state index contributed by atoms with van der Waals surface area (Å²) in [7, 11) is 0. The number of fused-ring (bicyclic) bond motifs is 1. The number of nitrogens with zero attached hydrogens (tertiary/aromatic N) is 3. The molecule has 1 fully saturated rings. The maximum absolute atomic E-state index is 12.9. The fraction of sp³-hybridized carbons (Fsp3) is 0.474. The molecule has 2 aromatic heterocycles. The van der Waals surface area contributed by atoms with Gasteiger partial charge in [0, 0.05) is 36.6 Å². The Labute approximate surface area is 146 Å². The monoisotopic (exact) mass is 338 g/mol. The normalized spacial score (nSPS) is 19.7. The average Bonchev–Trinajstić information content (AvgIpc) is 3.11. The largest absolute Gasteiger partial charge is 0.338 e. The van der Waals surface area contributed by atoms with E-state index in [4.69, 9.17) is 0 Å². The van der Waals surface area contributed by atoms with Crippen LogP contribution in [0.4, 0.5) is 0 Å². The van der Waals surface area contributed by atoms with Crippen molar-refractivity contribution in [3.63, 3.8) is 0 Å². The summed E-state index contributed by atoms with van der Waals surface area (Å²) < 4.78 is 0. The van der Waals surface area contributed by atoms with E-state index >= 15 is 0 Å². The number of rotatable bonds is 2. The Bertz CT molecular complexity index is 874. The second kappa shape index (κ2) is 6.43. The SMILES string of the molecule is Cc1ccnc(C2CCN(C(=O)c3cc4c([nH]c3=O)CCCC4)C2)n1. The zero-order valence-electron chi connectivity index (χ0n) is 14.4. The highest BCUT2D eigenvalue weighted by atomic mass is 16.2. The van der Waals surface area contributed by atoms with E-state index in [1.807, 2.05) is 19.1 Å². The number of nitrogens with one attached hydrogen (secondary N) is 1. The van der Waals surface area contributed by atoms with Crippen LogP contribution in [0, 0.1) is 6.92 Å². The van der Waals surface area contributed by atoms with Crippen LogP contribution in [0.2, 0.25) is 0 Å². The predicted octanol–water partition coefficient (Wildman–Crippen LogP) is 1.98. The van der Waals surface area contributed by atoms with Crippen molar-refractivity contribution in [2.45, 2.75) is 44.9 Å². The fourth-order valence-corrected chi connectivity index (χ4v) is 3.82. The second-order valence-electron chi connectivity index (χ2n) is 7.02. The molecular formula is C19H22N4O2. The summed E-state index contributed by atoms with van der Waals surface area (Å²) in [5, 5.41) is 0. The van der Waals surface area contributed by atoms with Crippen molar-refractivity contribution in [1.29, 1.82) is 0 Å². The Morgan fingerprint density at radius 3 is 3.00 bits per heavy atom. The Morgan fingerprint density at radius 1 is 1.32 bits per heavy atom. The molecule has 0 radical (unpaired) electrons. The number of aromatic amines is 1. The van der Waals surface area contributed by atoms with Crippen molar-refractivity contribution < 1.29 is 4.79 Å². The van der Waals surface area contributed by atoms with Gasteiger partial charge < -0.3 is 9.88 Å². The first kappa shape index (κ1) is 16.0. The minimum absolute atomic E-state index is 0.139. The van der Waals surface area contributed by atoms with Crippen molar-refractivity contribution in [2.24, 2.45) is 0 Å². The molecule has 130 valence electrons. The van der Waals surface area contributed by atoms with Gasteiger partial charge in [0.1, 0.15) is 11.4 Å². The van der Waals surface area contributed by atoms with Crippen LogP contribution in [0.25, 0.3) is 0 Å². The summed E-state index contributed by atoms with van der Waals surface area (Å²) in [6, 6.07) is 3.68. The lowest BCUT2D eigenvalue weighted by atomic mass is 9.95. The van der Waals surface area contributed by atoms with Crippen molar-refractivity contribution in [3.05, 3.63) is 57.0 Å². The number of pyridine rings is 1. The quantitative estimate of drug-likeness (QED) is 0.908. The Hall–Kier alpha value is -2.50. The van der Waals surface area contributed by atoms with E-state index in [-0.39, 0.29) is 22.9 Å². The third-order valence-corrected chi connectivity index (χ3v) is 5.22. The van der Waals surface area contributed by atoms with Crippen LogP contribution >= 0.6 is 0 Å². The number of carbonyl (C=O) groups excluding carboxylic acids is 1. The molecule has 1 aliphatic carbocycles. The molecule has 1 N–H and O–H groups in total. The molecule has 2 aromatic rings. The van der Waals surface area contributed by atoms with Crippen LogP contribution in [0.1, 0.15) is 58.3 Å². The zero-order chi connectivity index (χ0) is 17.4. The highest BCUT2D eigenvalue weighted by Crippen LogP contribution is 2.26.